The van der Waals surface area contributed by atoms with Crippen molar-refractivity contribution in [1.29, 1.82) is 0 Å². The van der Waals surface area contributed by atoms with Crippen molar-refractivity contribution in [1.82, 2.24) is 5.43 Å². The van der Waals surface area contributed by atoms with Crippen molar-refractivity contribution in [3.05, 3.63) is 59.2 Å². The lowest BCUT2D eigenvalue weighted by Gasteiger charge is -2.32. The molecule has 3 nitrogen and oxygen atoms in total. The Bertz CT molecular complexity index is 644. The van der Waals surface area contributed by atoms with Gasteiger partial charge in [-0.25, -0.2) is 5.43 Å². The number of aryl methyl sites for hydroxylation is 2. The first kappa shape index (κ1) is 14.4. The van der Waals surface area contributed by atoms with Crippen molar-refractivity contribution in [3.8, 4) is 5.75 Å². The molecule has 3 N–H and O–H groups in total. The van der Waals surface area contributed by atoms with E-state index in [1.165, 1.54) is 21.6 Å². The molecule has 2 aromatic carbocycles. The number of fused-ring (bicyclic) bond motifs is 1. The summed E-state index contributed by atoms with van der Waals surface area (Å²) < 4.78 is 6.16. The van der Waals surface area contributed by atoms with Gasteiger partial charge in [0.25, 0.3) is 0 Å². The second kappa shape index (κ2) is 6.10. The number of hydrogen-bond donors (Lipinski definition) is 2. The second-order valence-corrected chi connectivity index (χ2v) is 6.48. The number of nitrogens with two attached hydrogens (primary N) is 1. The second-order valence-electron chi connectivity index (χ2n) is 5.42. The first-order chi connectivity index (χ1) is 10.2. The van der Waals surface area contributed by atoms with Crippen LogP contribution in [0.5, 0.6) is 5.75 Å². The molecule has 1 heterocycles. The average Bonchev–Trinajstić information content (AvgIpc) is 2.50. The van der Waals surface area contributed by atoms with Gasteiger partial charge >= 0.3 is 0 Å². The molecule has 0 amide bonds. The highest BCUT2D eigenvalue weighted by Gasteiger charge is 2.29. The van der Waals surface area contributed by atoms with Crippen LogP contribution in [0.4, 0.5) is 0 Å². The fourth-order valence-electron chi connectivity index (χ4n) is 2.77. The molecule has 0 aromatic heterocycles. The van der Waals surface area contributed by atoms with E-state index in [4.69, 9.17) is 10.6 Å². The highest BCUT2D eigenvalue weighted by Crippen LogP contribution is 2.38. The largest absolute Gasteiger partial charge is 0.486 e. The Hall–Kier alpha value is -1.49. The number of ether oxygens (including phenoxy) is 1. The van der Waals surface area contributed by atoms with Gasteiger partial charge in [0, 0.05) is 10.6 Å². The molecule has 1 aliphatic rings. The summed E-state index contributed by atoms with van der Waals surface area (Å²) in [4.78, 5) is 1.20. The first-order valence-corrected chi connectivity index (χ1v) is 8.09. The van der Waals surface area contributed by atoms with Gasteiger partial charge in [-0.05, 0) is 37.1 Å². The number of thioether (sulfide) groups is 1. The molecule has 2 aromatic rings. The minimum atomic E-state index is -0.00791. The van der Waals surface area contributed by atoms with Gasteiger partial charge in [-0.3, -0.25) is 5.84 Å². The van der Waals surface area contributed by atoms with Crippen LogP contribution in [0.1, 0.15) is 22.7 Å². The monoisotopic (exact) mass is 300 g/mol. The lowest BCUT2D eigenvalue weighted by molar-refractivity contribution is 0.166. The molecule has 0 spiro atoms. The van der Waals surface area contributed by atoms with E-state index in [1.54, 1.807) is 0 Å². The van der Waals surface area contributed by atoms with Gasteiger partial charge in [0.15, 0.2) is 0 Å². The van der Waals surface area contributed by atoms with Crippen molar-refractivity contribution in [2.24, 2.45) is 5.84 Å². The summed E-state index contributed by atoms with van der Waals surface area (Å²) in [7, 11) is 0. The van der Waals surface area contributed by atoms with Crippen molar-refractivity contribution < 1.29 is 4.74 Å². The highest BCUT2D eigenvalue weighted by molar-refractivity contribution is 7.99. The van der Waals surface area contributed by atoms with Gasteiger partial charge in [0.2, 0.25) is 0 Å². The summed E-state index contributed by atoms with van der Waals surface area (Å²) in [6.45, 7) is 4.22. The van der Waals surface area contributed by atoms with Gasteiger partial charge in [-0.15, -0.1) is 11.8 Å². The molecule has 0 saturated carbocycles. The van der Waals surface area contributed by atoms with E-state index < -0.39 is 0 Å². The van der Waals surface area contributed by atoms with Crippen LogP contribution in [-0.4, -0.2) is 11.9 Å². The van der Waals surface area contributed by atoms with Gasteiger partial charge in [-0.1, -0.05) is 35.9 Å². The maximum atomic E-state index is 6.16. The number of benzene rings is 2. The summed E-state index contributed by atoms with van der Waals surface area (Å²) >= 11 is 1.82. The van der Waals surface area contributed by atoms with E-state index in [2.05, 4.69) is 43.5 Å². The van der Waals surface area contributed by atoms with Crippen LogP contribution in [-0.2, 0) is 0 Å². The van der Waals surface area contributed by atoms with Crippen LogP contribution < -0.4 is 16.0 Å². The lowest BCUT2D eigenvalue weighted by Crippen LogP contribution is -2.42. The Balaban J connectivity index is 1.88. The van der Waals surface area contributed by atoms with Crippen LogP contribution in [0.3, 0.4) is 0 Å². The zero-order chi connectivity index (χ0) is 14.8. The fraction of sp³-hybridized carbons (Fsp3) is 0.294. The molecular formula is C17H20N2OS. The third-order valence-corrected chi connectivity index (χ3v) is 4.99. The quantitative estimate of drug-likeness (QED) is 0.674. The van der Waals surface area contributed by atoms with E-state index in [-0.39, 0.29) is 12.1 Å². The molecule has 2 atom stereocenters. The van der Waals surface area contributed by atoms with E-state index >= 15 is 0 Å². The maximum absolute atomic E-state index is 6.16. The number of hydrazine groups is 1. The zero-order valence-electron chi connectivity index (χ0n) is 12.3. The Morgan fingerprint density at radius 1 is 1.24 bits per heavy atom. The van der Waals surface area contributed by atoms with E-state index in [0.717, 1.165) is 11.5 Å². The van der Waals surface area contributed by atoms with Gasteiger partial charge < -0.3 is 4.74 Å². The molecule has 3 rings (SSSR count). The minimum absolute atomic E-state index is 0.00791. The molecule has 0 radical (unpaired) electrons. The molecule has 0 bridgehead atoms. The normalized spacial score (nSPS) is 18.7. The summed E-state index contributed by atoms with van der Waals surface area (Å²) in [6, 6.07) is 14.6. The van der Waals surface area contributed by atoms with Crippen molar-refractivity contribution in [2.75, 3.05) is 5.75 Å². The van der Waals surface area contributed by atoms with E-state index in [1.807, 2.05) is 30.0 Å². The Morgan fingerprint density at radius 3 is 2.81 bits per heavy atom. The predicted molar refractivity (Wildman–Crippen MR) is 87.6 cm³/mol. The smallest absolute Gasteiger partial charge is 0.133 e. The molecule has 110 valence electrons. The lowest BCUT2D eigenvalue weighted by atomic mass is 9.96. The van der Waals surface area contributed by atoms with Crippen LogP contribution >= 0.6 is 11.8 Å². The Kier molecular flexibility index (Phi) is 4.19. The molecule has 4 heteroatoms. The topological polar surface area (TPSA) is 47.3 Å². The van der Waals surface area contributed by atoms with Crippen LogP contribution in [0, 0.1) is 13.8 Å². The number of nitrogens with one attached hydrogen (secondary N) is 1. The Morgan fingerprint density at radius 2 is 2.05 bits per heavy atom. The first-order valence-electron chi connectivity index (χ1n) is 7.11. The number of para-hydroxylation sites is 1. The summed E-state index contributed by atoms with van der Waals surface area (Å²) in [6.07, 6.45) is 0.0244. The summed E-state index contributed by atoms with van der Waals surface area (Å²) in [5.74, 6) is 7.66. The standard InChI is InChI=1S/C17H20N2OS/c1-11-7-8-13(12(2)9-11)17(19-18)15-10-21-16-6-4-3-5-14(16)20-15/h3-9,15,17,19H,10,18H2,1-2H3. The SMILES string of the molecule is Cc1ccc(C(NN)C2CSc3ccccc3O2)c(C)c1. The van der Waals surface area contributed by atoms with Crippen molar-refractivity contribution in [2.45, 2.75) is 30.9 Å². The molecule has 21 heavy (non-hydrogen) atoms. The summed E-state index contributed by atoms with van der Waals surface area (Å²) in [5.41, 5.74) is 6.64. The van der Waals surface area contributed by atoms with Crippen LogP contribution in [0.2, 0.25) is 0 Å². The van der Waals surface area contributed by atoms with E-state index in [0.29, 0.717) is 0 Å². The van der Waals surface area contributed by atoms with Gasteiger partial charge in [0.1, 0.15) is 11.9 Å². The molecule has 1 aliphatic heterocycles. The van der Waals surface area contributed by atoms with Crippen molar-refractivity contribution >= 4 is 11.8 Å². The predicted octanol–water partition coefficient (Wildman–Crippen LogP) is 3.36. The zero-order valence-corrected chi connectivity index (χ0v) is 13.1. The summed E-state index contributed by atoms with van der Waals surface area (Å²) in [5, 5.41) is 0. The number of rotatable bonds is 3. The molecule has 0 saturated heterocycles. The maximum Gasteiger partial charge on any atom is 0.133 e. The Labute approximate surface area is 129 Å². The van der Waals surface area contributed by atoms with Crippen LogP contribution in [0.15, 0.2) is 47.4 Å². The van der Waals surface area contributed by atoms with Crippen molar-refractivity contribution in [3.63, 3.8) is 0 Å². The molecule has 0 aliphatic carbocycles. The average molecular weight is 300 g/mol. The molecule has 0 fully saturated rings. The van der Waals surface area contributed by atoms with E-state index in [9.17, 15) is 0 Å². The highest BCUT2D eigenvalue weighted by atomic mass is 32.2. The fourth-order valence-corrected chi connectivity index (χ4v) is 3.81. The molecular weight excluding hydrogens is 280 g/mol. The van der Waals surface area contributed by atoms with Crippen LogP contribution in [0.25, 0.3) is 0 Å². The molecule has 2 unspecified atom stereocenters. The van der Waals surface area contributed by atoms with Gasteiger partial charge in [-0.2, -0.15) is 0 Å². The minimum Gasteiger partial charge on any atom is -0.486 e. The van der Waals surface area contributed by atoms with Gasteiger partial charge in [0.05, 0.1) is 6.04 Å². The number of hydrogen-bond acceptors (Lipinski definition) is 4. The third kappa shape index (κ3) is 2.93. The third-order valence-electron chi connectivity index (χ3n) is 3.84.